The number of carbonyl (C=O) groups is 2. The van der Waals surface area contributed by atoms with Crippen molar-refractivity contribution >= 4 is 23.2 Å². The summed E-state index contributed by atoms with van der Waals surface area (Å²) in [6.07, 6.45) is 0. The number of amides is 2. The monoisotopic (exact) mass is 355 g/mol. The summed E-state index contributed by atoms with van der Waals surface area (Å²) in [4.78, 5) is 24.9. The third-order valence-corrected chi connectivity index (χ3v) is 4.09. The first kappa shape index (κ1) is 16.4. The number of rotatable bonds is 2. The van der Waals surface area contributed by atoms with Crippen molar-refractivity contribution in [3.05, 3.63) is 83.4 Å². The van der Waals surface area contributed by atoms with Crippen LogP contribution in [0.5, 0.6) is 11.5 Å². The Morgan fingerprint density at radius 3 is 2.70 bits per heavy atom. The summed E-state index contributed by atoms with van der Waals surface area (Å²) in [6, 6.07) is 20.4. The first-order valence-electron chi connectivity index (χ1n) is 8.18. The van der Waals surface area contributed by atoms with Crippen LogP contribution in [-0.4, -0.2) is 11.8 Å². The highest BCUT2D eigenvalue weighted by Gasteiger charge is 2.21. The molecule has 0 bridgehead atoms. The first-order valence-corrected chi connectivity index (χ1v) is 8.18. The number of carbonyl (C=O) groups excluding carboxylic acids is 2. The van der Waals surface area contributed by atoms with Crippen molar-refractivity contribution in [3.8, 4) is 17.6 Å². The number of nitrogens with one attached hydrogen (secondary N) is 2. The molecule has 4 rings (SSSR count). The normalized spacial score (nSPS) is 11.7. The molecule has 0 saturated carbocycles. The van der Waals surface area contributed by atoms with Crippen molar-refractivity contribution in [1.82, 2.24) is 0 Å². The Balaban J connectivity index is 1.62. The van der Waals surface area contributed by atoms with Crippen LogP contribution in [0.2, 0.25) is 0 Å². The van der Waals surface area contributed by atoms with Crippen molar-refractivity contribution in [2.24, 2.45) is 0 Å². The minimum absolute atomic E-state index is 0.315. The van der Waals surface area contributed by atoms with Crippen molar-refractivity contribution in [1.29, 1.82) is 5.26 Å². The van der Waals surface area contributed by atoms with Crippen LogP contribution in [0.4, 0.5) is 11.4 Å². The minimum Gasteiger partial charge on any atom is -0.454 e. The number of hydrogen-bond donors (Lipinski definition) is 2. The van der Waals surface area contributed by atoms with Crippen LogP contribution in [0, 0.1) is 11.3 Å². The van der Waals surface area contributed by atoms with Gasteiger partial charge in [-0.15, -0.1) is 0 Å². The molecular weight excluding hydrogens is 342 g/mol. The second-order valence-electron chi connectivity index (χ2n) is 5.91. The van der Waals surface area contributed by atoms with Crippen molar-refractivity contribution in [2.75, 3.05) is 10.6 Å². The molecule has 3 aromatic carbocycles. The SMILES string of the molecule is N#Cc1cccc(C(=O)Nc2ccc3c(c2)C(=O)Nc2ccccc2O3)c1. The zero-order chi connectivity index (χ0) is 18.8. The third-order valence-electron chi connectivity index (χ3n) is 4.09. The molecule has 0 saturated heterocycles. The lowest BCUT2D eigenvalue weighted by Crippen LogP contribution is -2.14. The molecule has 0 aliphatic carbocycles. The first-order chi connectivity index (χ1) is 13.1. The zero-order valence-corrected chi connectivity index (χ0v) is 14.0. The lowest BCUT2D eigenvalue weighted by Gasteiger charge is -2.10. The number of fused-ring (bicyclic) bond motifs is 2. The second kappa shape index (κ2) is 6.65. The second-order valence-corrected chi connectivity index (χ2v) is 5.91. The number of hydrogen-bond acceptors (Lipinski definition) is 4. The Hall–Kier alpha value is -4.11. The third kappa shape index (κ3) is 3.22. The van der Waals surface area contributed by atoms with Gasteiger partial charge in [-0.3, -0.25) is 9.59 Å². The van der Waals surface area contributed by atoms with Gasteiger partial charge in [-0.05, 0) is 48.5 Å². The van der Waals surface area contributed by atoms with Gasteiger partial charge in [0.05, 0.1) is 22.9 Å². The molecule has 1 aliphatic rings. The molecule has 0 atom stereocenters. The molecule has 2 amide bonds. The number of anilines is 2. The number of ether oxygens (including phenoxy) is 1. The Bertz CT molecular complexity index is 1120. The number of para-hydroxylation sites is 2. The molecule has 1 aliphatic heterocycles. The van der Waals surface area contributed by atoms with Gasteiger partial charge in [0, 0.05) is 11.3 Å². The maximum absolute atomic E-state index is 12.5. The molecular formula is C21H13N3O3. The molecule has 0 unspecified atom stereocenters. The highest BCUT2D eigenvalue weighted by atomic mass is 16.5. The van der Waals surface area contributed by atoms with E-state index in [9.17, 15) is 9.59 Å². The van der Waals surface area contributed by atoms with E-state index in [1.165, 1.54) is 6.07 Å². The predicted octanol–water partition coefficient (Wildman–Crippen LogP) is 4.17. The summed E-state index contributed by atoms with van der Waals surface area (Å²) in [7, 11) is 0. The molecule has 6 nitrogen and oxygen atoms in total. The summed E-state index contributed by atoms with van der Waals surface area (Å²) in [6.45, 7) is 0. The molecule has 130 valence electrons. The van der Waals surface area contributed by atoms with E-state index in [1.54, 1.807) is 54.6 Å². The van der Waals surface area contributed by atoms with E-state index in [-0.39, 0.29) is 11.8 Å². The smallest absolute Gasteiger partial charge is 0.259 e. The van der Waals surface area contributed by atoms with E-state index in [4.69, 9.17) is 10.00 Å². The standard InChI is InChI=1S/C21H13N3O3/c22-12-13-4-3-5-14(10-13)20(25)23-15-8-9-18-16(11-15)21(26)24-17-6-1-2-7-19(17)27-18/h1-11H,(H,23,25)(H,24,26). The average molecular weight is 355 g/mol. The van der Waals surface area contributed by atoms with Gasteiger partial charge in [0.25, 0.3) is 11.8 Å². The fourth-order valence-corrected chi connectivity index (χ4v) is 2.77. The Morgan fingerprint density at radius 2 is 1.85 bits per heavy atom. The fraction of sp³-hybridized carbons (Fsp3) is 0. The minimum atomic E-state index is -0.370. The van der Waals surface area contributed by atoms with Crippen LogP contribution in [-0.2, 0) is 0 Å². The van der Waals surface area contributed by atoms with Gasteiger partial charge in [-0.1, -0.05) is 18.2 Å². The topological polar surface area (TPSA) is 91.2 Å². The summed E-state index contributed by atoms with van der Waals surface area (Å²) in [5, 5.41) is 14.5. The fourth-order valence-electron chi connectivity index (χ4n) is 2.77. The summed E-state index contributed by atoms with van der Waals surface area (Å²) < 4.78 is 5.82. The van der Waals surface area contributed by atoms with Gasteiger partial charge in [0.15, 0.2) is 5.75 Å². The molecule has 0 aromatic heterocycles. The van der Waals surface area contributed by atoms with Gasteiger partial charge in [-0.2, -0.15) is 5.26 Å². The maximum Gasteiger partial charge on any atom is 0.259 e. The van der Waals surface area contributed by atoms with E-state index < -0.39 is 0 Å². The van der Waals surface area contributed by atoms with E-state index in [1.807, 2.05) is 12.1 Å². The maximum atomic E-state index is 12.5. The van der Waals surface area contributed by atoms with Crippen LogP contribution in [0.3, 0.4) is 0 Å². The van der Waals surface area contributed by atoms with Crippen LogP contribution in [0.1, 0.15) is 26.3 Å². The van der Waals surface area contributed by atoms with Crippen molar-refractivity contribution < 1.29 is 14.3 Å². The molecule has 0 spiro atoms. The van der Waals surface area contributed by atoms with Gasteiger partial charge in [-0.25, -0.2) is 0 Å². The van der Waals surface area contributed by atoms with E-state index in [0.29, 0.717) is 39.6 Å². The highest BCUT2D eigenvalue weighted by molar-refractivity contribution is 6.10. The quantitative estimate of drug-likeness (QED) is 0.722. The lowest BCUT2D eigenvalue weighted by atomic mass is 10.1. The van der Waals surface area contributed by atoms with Crippen molar-refractivity contribution in [2.45, 2.75) is 0 Å². The molecule has 0 radical (unpaired) electrons. The van der Waals surface area contributed by atoms with Crippen LogP contribution in [0.15, 0.2) is 66.7 Å². The zero-order valence-electron chi connectivity index (χ0n) is 14.0. The Morgan fingerprint density at radius 1 is 1.00 bits per heavy atom. The van der Waals surface area contributed by atoms with E-state index in [0.717, 1.165) is 0 Å². The largest absolute Gasteiger partial charge is 0.454 e. The van der Waals surface area contributed by atoms with Crippen LogP contribution in [0.25, 0.3) is 0 Å². The highest BCUT2D eigenvalue weighted by Crippen LogP contribution is 2.36. The molecule has 6 heteroatoms. The lowest BCUT2D eigenvalue weighted by molar-refractivity contribution is 0.101. The molecule has 27 heavy (non-hydrogen) atoms. The Labute approximate surface area is 155 Å². The molecule has 1 heterocycles. The van der Waals surface area contributed by atoms with Crippen LogP contribution >= 0.6 is 0 Å². The van der Waals surface area contributed by atoms with Gasteiger partial charge in [0.1, 0.15) is 5.75 Å². The van der Waals surface area contributed by atoms with Gasteiger partial charge < -0.3 is 15.4 Å². The molecule has 0 fully saturated rings. The van der Waals surface area contributed by atoms with Crippen LogP contribution < -0.4 is 15.4 Å². The van der Waals surface area contributed by atoms with Gasteiger partial charge >= 0.3 is 0 Å². The average Bonchev–Trinajstić information content (AvgIpc) is 2.84. The molecule has 2 N–H and O–H groups in total. The number of nitriles is 1. The summed E-state index contributed by atoms with van der Waals surface area (Å²) in [5.74, 6) is 0.263. The van der Waals surface area contributed by atoms with E-state index >= 15 is 0 Å². The Kier molecular flexibility index (Phi) is 4.03. The number of benzene rings is 3. The van der Waals surface area contributed by atoms with E-state index in [2.05, 4.69) is 10.6 Å². The summed E-state index contributed by atoms with van der Waals surface area (Å²) in [5.41, 5.74) is 2.10. The predicted molar refractivity (Wildman–Crippen MR) is 100 cm³/mol. The molecule has 3 aromatic rings. The number of nitrogens with zero attached hydrogens (tertiary/aromatic N) is 1. The van der Waals surface area contributed by atoms with Crippen molar-refractivity contribution in [3.63, 3.8) is 0 Å². The summed E-state index contributed by atoms with van der Waals surface area (Å²) >= 11 is 0. The van der Waals surface area contributed by atoms with Gasteiger partial charge in [0.2, 0.25) is 0 Å².